The fourth-order valence-corrected chi connectivity index (χ4v) is 3.36. The number of nitrogens with one attached hydrogen (secondary N) is 1. The van der Waals surface area contributed by atoms with Crippen LogP contribution in [-0.4, -0.2) is 34.1 Å². The molecule has 0 aliphatic rings. The number of halogens is 2. The second kappa shape index (κ2) is 8.93. The third-order valence-corrected chi connectivity index (χ3v) is 4.85. The second-order valence-corrected chi connectivity index (χ2v) is 7.46. The molecule has 0 unspecified atom stereocenters. The number of carbonyl (C=O) groups excluding carboxylic acids is 1. The lowest BCUT2D eigenvalue weighted by atomic mass is 10.3. The van der Waals surface area contributed by atoms with Gasteiger partial charge >= 0.3 is 5.97 Å². The largest absolute Gasteiger partial charge is 0.487 e. The summed E-state index contributed by atoms with van der Waals surface area (Å²) in [4.78, 5) is 11.6. The molecule has 9 heteroatoms. The summed E-state index contributed by atoms with van der Waals surface area (Å²) in [6.07, 6.45) is 0. The molecule has 1 N–H and O–H groups in total. The minimum atomic E-state index is -3.82. The lowest BCUT2D eigenvalue weighted by molar-refractivity contribution is -0.142. The van der Waals surface area contributed by atoms with Crippen LogP contribution in [0.1, 0.15) is 0 Å². The lowest BCUT2D eigenvalue weighted by Gasteiger charge is -2.09. The third kappa shape index (κ3) is 6.11. The summed E-state index contributed by atoms with van der Waals surface area (Å²) in [5.41, 5.74) is 0. The summed E-state index contributed by atoms with van der Waals surface area (Å²) in [6.45, 7) is -0.703. The Labute approximate surface area is 153 Å². The number of para-hydroxylation sites is 1. The number of sulfonamides is 1. The molecule has 25 heavy (non-hydrogen) atoms. The van der Waals surface area contributed by atoms with E-state index in [2.05, 4.69) is 20.7 Å². The SMILES string of the molecule is O=C(CNS(=O)(=O)c1cccc(Br)c1)OCCOc1ccccc1F. The van der Waals surface area contributed by atoms with Crippen molar-refractivity contribution in [1.29, 1.82) is 0 Å². The zero-order valence-electron chi connectivity index (χ0n) is 12.9. The first-order valence-corrected chi connectivity index (χ1v) is 9.44. The van der Waals surface area contributed by atoms with Crippen molar-refractivity contribution in [2.45, 2.75) is 4.90 Å². The first-order chi connectivity index (χ1) is 11.9. The Hall–Kier alpha value is -1.97. The van der Waals surface area contributed by atoms with Gasteiger partial charge in [-0.05, 0) is 30.3 Å². The first kappa shape index (κ1) is 19.4. The molecule has 0 amide bonds. The van der Waals surface area contributed by atoms with Gasteiger partial charge in [0.1, 0.15) is 19.8 Å². The van der Waals surface area contributed by atoms with Crippen LogP contribution < -0.4 is 9.46 Å². The highest BCUT2D eigenvalue weighted by molar-refractivity contribution is 9.10. The number of hydrogen-bond donors (Lipinski definition) is 1. The molecule has 0 aliphatic carbocycles. The second-order valence-electron chi connectivity index (χ2n) is 4.78. The molecule has 2 rings (SSSR count). The van der Waals surface area contributed by atoms with Gasteiger partial charge in [-0.25, -0.2) is 12.8 Å². The predicted octanol–water partition coefficient (Wildman–Crippen LogP) is 2.49. The standard InChI is InChI=1S/C16H15BrFNO5S/c17-12-4-3-5-13(10-12)25(21,22)19-11-16(20)24-9-8-23-15-7-2-1-6-14(15)18/h1-7,10,19H,8-9,11H2. The van der Waals surface area contributed by atoms with E-state index < -0.39 is 28.4 Å². The molecular formula is C16H15BrFNO5S. The van der Waals surface area contributed by atoms with Crippen LogP contribution >= 0.6 is 15.9 Å². The van der Waals surface area contributed by atoms with E-state index in [1.807, 2.05) is 0 Å². The van der Waals surface area contributed by atoms with Crippen LogP contribution in [0.25, 0.3) is 0 Å². The van der Waals surface area contributed by atoms with E-state index in [4.69, 9.17) is 9.47 Å². The minimum Gasteiger partial charge on any atom is -0.487 e. The fourth-order valence-electron chi connectivity index (χ4n) is 1.79. The Bertz CT molecular complexity index is 844. The highest BCUT2D eigenvalue weighted by Crippen LogP contribution is 2.16. The monoisotopic (exact) mass is 431 g/mol. The maximum absolute atomic E-state index is 13.3. The summed E-state index contributed by atoms with van der Waals surface area (Å²) in [7, 11) is -3.82. The average molecular weight is 432 g/mol. The van der Waals surface area contributed by atoms with Crippen molar-refractivity contribution >= 4 is 31.9 Å². The van der Waals surface area contributed by atoms with Gasteiger partial charge in [0.2, 0.25) is 10.0 Å². The predicted molar refractivity (Wildman–Crippen MR) is 92.2 cm³/mol. The molecule has 134 valence electrons. The van der Waals surface area contributed by atoms with E-state index in [0.29, 0.717) is 4.47 Å². The average Bonchev–Trinajstić information content (AvgIpc) is 2.58. The van der Waals surface area contributed by atoms with Gasteiger partial charge in [-0.2, -0.15) is 4.72 Å². The van der Waals surface area contributed by atoms with Crippen LogP contribution in [0.4, 0.5) is 4.39 Å². The van der Waals surface area contributed by atoms with Gasteiger partial charge in [0.15, 0.2) is 11.6 Å². The number of rotatable bonds is 8. The highest BCUT2D eigenvalue weighted by atomic mass is 79.9. The number of carbonyl (C=O) groups is 1. The van der Waals surface area contributed by atoms with E-state index in [9.17, 15) is 17.6 Å². The van der Waals surface area contributed by atoms with E-state index in [0.717, 1.165) is 0 Å². The molecule has 0 aliphatic heterocycles. The lowest BCUT2D eigenvalue weighted by Crippen LogP contribution is -2.31. The maximum Gasteiger partial charge on any atom is 0.321 e. The van der Waals surface area contributed by atoms with Gasteiger partial charge in [0, 0.05) is 4.47 Å². The normalized spacial score (nSPS) is 11.1. The molecule has 6 nitrogen and oxygen atoms in total. The van der Waals surface area contributed by atoms with Gasteiger partial charge < -0.3 is 9.47 Å². The molecule has 0 atom stereocenters. The molecule has 0 saturated heterocycles. The van der Waals surface area contributed by atoms with Gasteiger partial charge in [-0.3, -0.25) is 4.79 Å². The van der Waals surface area contributed by atoms with Crippen molar-refractivity contribution in [1.82, 2.24) is 4.72 Å². The summed E-state index contributed by atoms with van der Waals surface area (Å²) in [5.74, 6) is -1.24. The number of hydrogen-bond acceptors (Lipinski definition) is 5. The van der Waals surface area contributed by atoms with Crippen LogP contribution in [-0.2, 0) is 19.6 Å². The molecule has 0 spiro atoms. The van der Waals surface area contributed by atoms with Crippen molar-refractivity contribution in [3.05, 3.63) is 58.8 Å². The Morgan fingerprint density at radius 3 is 2.60 bits per heavy atom. The van der Waals surface area contributed by atoms with Crippen molar-refractivity contribution < 1.29 is 27.1 Å². The molecule has 2 aromatic carbocycles. The summed E-state index contributed by atoms with van der Waals surface area (Å²) in [6, 6.07) is 11.9. The Kier molecular flexibility index (Phi) is 6.91. The van der Waals surface area contributed by atoms with E-state index in [1.165, 1.54) is 30.3 Å². The quantitative estimate of drug-likeness (QED) is 0.512. The van der Waals surface area contributed by atoms with Gasteiger partial charge in [0.25, 0.3) is 0 Å². The zero-order valence-corrected chi connectivity index (χ0v) is 15.3. The fraction of sp³-hybridized carbons (Fsp3) is 0.188. The molecule has 0 saturated carbocycles. The first-order valence-electron chi connectivity index (χ1n) is 7.17. The highest BCUT2D eigenvalue weighted by Gasteiger charge is 2.16. The molecule has 0 heterocycles. The van der Waals surface area contributed by atoms with Crippen molar-refractivity contribution in [3.8, 4) is 5.75 Å². The molecule has 0 aromatic heterocycles. The summed E-state index contributed by atoms with van der Waals surface area (Å²) in [5, 5.41) is 0. The van der Waals surface area contributed by atoms with E-state index in [-0.39, 0.29) is 23.9 Å². The van der Waals surface area contributed by atoms with Crippen LogP contribution in [0.3, 0.4) is 0 Å². The molecular weight excluding hydrogens is 417 g/mol. The number of esters is 1. The van der Waals surface area contributed by atoms with Crippen molar-refractivity contribution in [2.24, 2.45) is 0 Å². The number of ether oxygens (including phenoxy) is 2. The molecule has 0 radical (unpaired) electrons. The van der Waals surface area contributed by atoms with Crippen LogP contribution in [0.2, 0.25) is 0 Å². The van der Waals surface area contributed by atoms with Crippen LogP contribution in [0, 0.1) is 5.82 Å². The van der Waals surface area contributed by atoms with Crippen molar-refractivity contribution in [3.63, 3.8) is 0 Å². The Morgan fingerprint density at radius 1 is 1.12 bits per heavy atom. The van der Waals surface area contributed by atoms with Crippen LogP contribution in [0.5, 0.6) is 5.75 Å². The van der Waals surface area contributed by atoms with Crippen LogP contribution in [0.15, 0.2) is 57.9 Å². The van der Waals surface area contributed by atoms with Gasteiger partial charge in [-0.15, -0.1) is 0 Å². The van der Waals surface area contributed by atoms with Gasteiger partial charge in [0.05, 0.1) is 4.90 Å². The topological polar surface area (TPSA) is 81.7 Å². The Morgan fingerprint density at radius 2 is 1.88 bits per heavy atom. The number of benzene rings is 2. The maximum atomic E-state index is 13.3. The van der Waals surface area contributed by atoms with E-state index >= 15 is 0 Å². The molecule has 0 fully saturated rings. The van der Waals surface area contributed by atoms with Crippen molar-refractivity contribution in [2.75, 3.05) is 19.8 Å². The van der Waals surface area contributed by atoms with Gasteiger partial charge in [-0.1, -0.05) is 34.1 Å². The summed E-state index contributed by atoms with van der Waals surface area (Å²) >= 11 is 3.18. The summed E-state index contributed by atoms with van der Waals surface area (Å²) < 4.78 is 50.1. The minimum absolute atomic E-state index is 0.0255. The third-order valence-electron chi connectivity index (χ3n) is 2.95. The zero-order chi connectivity index (χ0) is 18.3. The molecule has 0 bridgehead atoms. The van der Waals surface area contributed by atoms with E-state index in [1.54, 1.807) is 18.2 Å². The smallest absolute Gasteiger partial charge is 0.321 e. The Balaban J connectivity index is 1.74. The molecule has 2 aromatic rings.